The number of anilines is 1. The highest BCUT2D eigenvalue weighted by Crippen LogP contribution is 2.64. The molecule has 0 saturated heterocycles. The zero-order chi connectivity index (χ0) is 23.2. The van der Waals surface area contributed by atoms with E-state index in [1.807, 2.05) is 0 Å². The summed E-state index contributed by atoms with van der Waals surface area (Å²) in [6.07, 6.45) is 11.2. The summed E-state index contributed by atoms with van der Waals surface area (Å²) >= 11 is 0. The SMILES string of the molecule is COC[C@@]1(O)CC[C@H]2[C@H](CC[C@@H]3[C@@H]2CC[C@]2(C)[C@@H](C(=O)Nc4ccc(C#N)cn4)CC[C@@H]32)C1. The Morgan fingerprint density at radius 3 is 2.73 bits per heavy atom. The molecule has 5 rings (SSSR count). The number of carbonyl (C=O) groups excluding carboxylic acids is 1. The van der Waals surface area contributed by atoms with Crippen LogP contribution in [-0.4, -0.2) is 35.3 Å². The van der Waals surface area contributed by atoms with E-state index in [1.54, 1.807) is 19.2 Å². The highest BCUT2D eigenvalue weighted by molar-refractivity contribution is 5.92. The molecular formula is C27H37N3O3. The van der Waals surface area contributed by atoms with E-state index in [4.69, 9.17) is 10.00 Å². The Morgan fingerprint density at radius 1 is 1.18 bits per heavy atom. The van der Waals surface area contributed by atoms with Crippen molar-refractivity contribution in [1.29, 1.82) is 5.26 Å². The molecule has 0 aromatic carbocycles. The number of amides is 1. The fourth-order valence-corrected chi connectivity index (χ4v) is 8.54. The summed E-state index contributed by atoms with van der Waals surface area (Å²) in [6.45, 7) is 2.82. The molecule has 4 fully saturated rings. The molecule has 0 bridgehead atoms. The van der Waals surface area contributed by atoms with E-state index in [-0.39, 0.29) is 17.2 Å². The molecule has 0 unspecified atom stereocenters. The Balaban J connectivity index is 1.27. The van der Waals surface area contributed by atoms with E-state index in [0.29, 0.717) is 35.7 Å². The Hall–Kier alpha value is -1.97. The van der Waals surface area contributed by atoms with Crippen LogP contribution < -0.4 is 5.32 Å². The quantitative estimate of drug-likeness (QED) is 0.701. The highest BCUT2D eigenvalue weighted by Gasteiger charge is 2.59. The summed E-state index contributed by atoms with van der Waals surface area (Å²) in [5.74, 6) is 4.06. The van der Waals surface area contributed by atoms with Crippen molar-refractivity contribution in [3.63, 3.8) is 0 Å². The number of fused-ring (bicyclic) bond motifs is 5. The number of nitriles is 1. The zero-order valence-corrected chi connectivity index (χ0v) is 19.9. The average molecular weight is 452 g/mol. The highest BCUT2D eigenvalue weighted by atomic mass is 16.5. The maximum Gasteiger partial charge on any atom is 0.229 e. The van der Waals surface area contributed by atoms with Gasteiger partial charge in [0.05, 0.1) is 17.8 Å². The number of hydrogen-bond donors (Lipinski definition) is 2. The zero-order valence-electron chi connectivity index (χ0n) is 19.9. The number of ether oxygens (including phenoxy) is 1. The molecule has 1 aromatic rings. The van der Waals surface area contributed by atoms with Crippen molar-refractivity contribution >= 4 is 11.7 Å². The van der Waals surface area contributed by atoms with Gasteiger partial charge in [0.1, 0.15) is 11.9 Å². The van der Waals surface area contributed by atoms with Crippen LogP contribution in [-0.2, 0) is 9.53 Å². The predicted octanol–water partition coefficient (Wildman–Crippen LogP) is 4.54. The average Bonchev–Trinajstić information content (AvgIpc) is 3.16. The molecular weight excluding hydrogens is 414 g/mol. The van der Waals surface area contributed by atoms with Crippen LogP contribution in [0, 0.1) is 52.3 Å². The first-order valence-electron chi connectivity index (χ1n) is 12.8. The van der Waals surface area contributed by atoms with Crippen LogP contribution in [0.25, 0.3) is 0 Å². The number of pyridine rings is 1. The van der Waals surface area contributed by atoms with Crippen molar-refractivity contribution in [3.8, 4) is 6.07 Å². The van der Waals surface area contributed by atoms with Gasteiger partial charge in [-0.2, -0.15) is 5.26 Å². The molecule has 0 aliphatic heterocycles. The lowest BCUT2D eigenvalue weighted by Gasteiger charge is -2.57. The van der Waals surface area contributed by atoms with Gasteiger partial charge in [0.15, 0.2) is 0 Å². The molecule has 8 atom stereocenters. The van der Waals surface area contributed by atoms with Crippen LogP contribution in [0.2, 0.25) is 0 Å². The standard InChI is InChI=1S/C27H37N3O3/c1-26-11-9-20-19-10-12-27(32,16-33-2)13-18(19)4-5-21(20)22(26)6-7-23(26)25(31)30-24-8-3-17(14-28)15-29-24/h3,8,15,18-23,32H,4-7,9-13,16H2,1-2H3,(H,29,30,31)/t18-,19+,20-,21-,22+,23-,26+,27-/m1/s1. The van der Waals surface area contributed by atoms with E-state index in [0.717, 1.165) is 50.4 Å². The van der Waals surface area contributed by atoms with Gasteiger partial charge in [-0.1, -0.05) is 6.92 Å². The number of hydrogen-bond acceptors (Lipinski definition) is 5. The molecule has 0 radical (unpaired) electrons. The van der Waals surface area contributed by atoms with Gasteiger partial charge in [0.2, 0.25) is 5.91 Å². The molecule has 4 aliphatic rings. The second kappa shape index (κ2) is 8.67. The number of methoxy groups -OCH3 is 1. The van der Waals surface area contributed by atoms with Crippen LogP contribution in [0.1, 0.15) is 70.3 Å². The van der Waals surface area contributed by atoms with E-state index in [1.165, 1.54) is 25.5 Å². The molecule has 1 aromatic heterocycles. The van der Waals surface area contributed by atoms with Gasteiger partial charge in [-0.3, -0.25) is 4.79 Å². The number of carbonyl (C=O) groups is 1. The monoisotopic (exact) mass is 451 g/mol. The lowest BCUT2D eigenvalue weighted by Crippen LogP contribution is -2.52. The number of aromatic nitrogens is 1. The maximum atomic E-state index is 13.3. The molecule has 2 N–H and O–H groups in total. The van der Waals surface area contributed by atoms with Crippen molar-refractivity contribution in [1.82, 2.24) is 4.98 Å². The van der Waals surface area contributed by atoms with Gasteiger partial charge in [0, 0.05) is 19.2 Å². The Labute approximate surface area is 197 Å². The summed E-state index contributed by atoms with van der Waals surface area (Å²) in [7, 11) is 1.69. The minimum absolute atomic E-state index is 0.0248. The molecule has 4 aliphatic carbocycles. The van der Waals surface area contributed by atoms with E-state index < -0.39 is 5.60 Å². The fraction of sp³-hybridized carbons (Fsp3) is 0.741. The third-order valence-electron chi connectivity index (χ3n) is 9.98. The molecule has 1 heterocycles. The minimum Gasteiger partial charge on any atom is -0.387 e. The molecule has 1 amide bonds. The number of rotatable bonds is 4. The molecule has 6 nitrogen and oxygen atoms in total. The van der Waals surface area contributed by atoms with Crippen LogP contribution >= 0.6 is 0 Å². The maximum absolute atomic E-state index is 13.3. The largest absolute Gasteiger partial charge is 0.387 e. The van der Waals surface area contributed by atoms with E-state index >= 15 is 0 Å². The predicted molar refractivity (Wildman–Crippen MR) is 125 cm³/mol. The minimum atomic E-state index is -0.637. The van der Waals surface area contributed by atoms with E-state index in [9.17, 15) is 9.90 Å². The Morgan fingerprint density at radius 2 is 2.00 bits per heavy atom. The second-order valence-corrected chi connectivity index (χ2v) is 11.5. The van der Waals surface area contributed by atoms with Crippen LogP contribution in [0.15, 0.2) is 18.3 Å². The Bertz CT molecular complexity index is 928. The van der Waals surface area contributed by atoms with Crippen molar-refractivity contribution in [2.24, 2.45) is 40.9 Å². The number of aliphatic hydroxyl groups is 1. The smallest absolute Gasteiger partial charge is 0.229 e. The van der Waals surface area contributed by atoms with Gasteiger partial charge >= 0.3 is 0 Å². The van der Waals surface area contributed by atoms with Crippen molar-refractivity contribution < 1.29 is 14.6 Å². The third kappa shape index (κ3) is 3.98. The van der Waals surface area contributed by atoms with Crippen LogP contribution in [0.4, 0.5) is 5.82 Å². The molecule has 178 valence electrons. The van der Waals surface area contributed by atoms with Crippen molar-refractivity contribution in [2.45, 2.75) is 70.3 Å². The van der Waals surface area contributed by atoms with Gasteiger partial charge in [-0.05, 0) is 105 Å². The van der Waals surface area contributed by atoms with Crippen LogP contribution in [0.5, 0.6) is 0 Å². The second-order valence-electron chi connectivity index (χ2n) is 11.5. The molecule has 4 saturated carbocycles. The van der Waals surface area contributed by atoms with Gasteiger partial charge in [-0.25, -0.2) is 4.98 Å². The molecule has 6 heteroatoms. The summed E-state index contributed by atoms with van der Waals surface area (Å²) < 4.78 is 5.32. The van der Waals surface area contributed by atoms with E-state index in [2.05, 4.69) is 23.3 Å². The summed E-state index contributed by atoms with van der Waals surface area (Å²) in [4.78, 5) is 17.5. The number of nitrogens with one attached hydrogen (secondary N) is 1. The summed E-state index contributed by atoms with van der Waals surface area (Å²) in [6, 6.07) is 5.48. The summed E-state index contributed by atoms with van der Waals surface area (Å²) in [5.41, 5.74) is -0.0869. The lowest BCUT2D eigenvalue weighted by molar-refractivity contribution is -0.134. The molecule has 0 spiro atoms. The van der Waals surface area contributed by atoms with Crippen molar-refractivity contribution in [3.05, 3.63) is 23.9 Å². The third-order valence-corrected chi connectivity index (χ3v) is 9.98. The van der Waals surface area contributed by atoms with Gasteiger partial charge in [-0.15, -0.1) is 0 Å². The van der Waals surface area contributed by atoms with Crippen molar-refractivity contribution in [2.75, 3.05) is 19.0 Å². The normalized spacial score (nSPS) is 41.9. The number of nitrogens with zero attached hydrogens (tertiary/aromatic N) is 2. The van der Waals surface area contributed by atoms with Gasteiger partial charge < -0.3 is 15.2 Å². The first-order chi connectivity index (χ1) is 15.9. The first-order valence-corrected chi connectivity index (χ1v) is 12.8. The first kappa shape index (κ1) is 22.8. The topological polar surface area (TPSA) is 95.2 Å². The Kier molecular flexibility index (Phi) is 5.99. The summed E-state index contributed by atoms with van der Waals surface area (Å²) in [5, 5.41) is 23.0. The van der Waals surface area contributed by atoms with Gasteiger partial charge in [0.25, 0.3) is 0 Å². The lowest BCUT2D eigenvalue weighted by atomic mass is 9.49. The molecule has 33 heavy (non-hydrogen) atoms. The fourth-order valence-electron chi connectivity index (χ4n) is 8.54. The van der Waals surface area contributed by atoms with Crippen LogP contribution in [0.3, 0.4) is 0 Å².